The highest BCUT2D eigenvalue weighted by atomic mass is 35.5. The largest absolute Gasteiger partial charge is 0.465 e. The van der Waals surface area contributed by atoms with E-state index in [4.69, 9.17) is 0 Å². The second-order valence-electron chi connectivity index (χ2n) is 7.31. The molecule has 2 heterocycles. The Morgan fingerprint density at radius 3 is 2.34 bits per heavy atom. The first-order valence-electron chi connectivity index (χ1n) is 9.40. The fraction of sp³-hybridized carbons (Fsp3) is 0.579. The molecule has 0 radical (unpaired) electrons. The topological polar surface area (TPSA) is 64.1 Å². The molecule has 1 atom stereocenters. The number of carboxylic acid groups (broad SMARTS) is 1. The first-order valence-corrected chi connectivity index (χ1v) is 9.40. The number of piperazine rings is 1. The molecule has 0 aromatic heterocycles. The van der Waals surface area contributed by atoms with E-state index in [2.05, 4.69) is 4.90 Å². The van der Waals surface area contributed by atoms with E-state index in [0.717, 1.165) is 32.0 Å². The summed E-state index contributed by atoms with van der Waals surface area (Å²) < 4.78 is 39.7. The highest BCUT2D eigenvalue weighted by molar-refractivity contribution is 5.85. The van der Waals surface area contributed by atoms with E-state index in [0.29, 0.717) is 6.54 Å². The molecule has 1 N–H and O–H groups in total. The van der Waals surface area contributed by atoms with Gasteiger partial charge in [-0.25, -0.2) is 4.79 Å². The molecule has 3 rings (SSSR count). The molecule has 2 aliphatic rings. The van der Waals surface area contributed by atoms with Crippen molar-refractivity contribution in [3.05, 3.63) is 35.4 Å². The Labute approximate surface area is 173 Å². The smallest absolute Gasteiger partial charge is 0.416 e. The molecule has 162 valence electrons. The van der Waals surface area contributed by atoms with Crippen LogP contribution in [0.2, 0.25) is 0 Å². The normalized spacial score (nSPS) is 20.4. The highest BCUT2D eigenvalue weighted by Gasteiger charge is 2.36. The third-order valence-electron chi connectivity index (χ3n) is 5.41. The Balaban J connectivity index is 0.00000300. The van der Waals surface area contributed by atoms with E-state index in [1.54, 1.807) is 4.90 Å². The Bertz CT molecular complexity index is 726. The average Bonchev–Trinajstić information content (AvgIpc) is 3.14. The van der Waals surface area contributed by atoms with Crippen molar-refractivity contribution in [3.63, 3.8) is 0 Å². The van der Waals surface area contributed by atoms with E-state index in [1.165, 1.54) is 23.1 Å². The van der Waals surface area contributed by atoms with E-state index in [9.17, 15) is 27.9 Å². The monoisotopic (exact) mass is 435 g/mol. The number of likely N-dealkylation sites (tertiary alicyclic amines) is 1. The van der Waals surface area contributed by atoms with Gasteiger partial charge >= 0.3 is 12.3 Å². The van der Waals surface area contributed by atoms with Gasteiger partial charge in [0.1, 0.15) is 0 Å². The van der Waals surface area contributed by atoms with Crippen molar-refractivity contribution in [3.8, 4) is 0 Å². The van der Waals surface area contributed by atoms with Gasteiger partial charge in [0, 0.05) is 26.2 Å². The summed E-state index contributed by atoms with van der Waals surface area (Å²) in [5, 5.41) is 9.29. The number of carbonyl (C=O) groups is 2. The van der Waals surface area contributed by atoms with Crippen LogP contribution in [0.3, 0.4) is 0 Å². The van der Waals surface area contributed by atoms with Crippen molar-refractivity contribution in [1.82, 2.24) is 14.7 Å². The third-order valence-corrected chi connectivity index (χ3v) is 5.41. The summed E-state index contributed by atoms with van der Waals surface area (Å²) in [5.74, 6) is -0.397. The van der Waals surface area contributed by atoms with Crippen LogP contribution in [-0.2, 0) is 17.4 Å². The molecular weight excluding hydrogens is 411 g/mol. The summed E-state index contributed by atoms with van der Waals surface area (Å²) in [6.45, 7) is 2.86. The van der Waals surface area contributed by atoms with Gasteiger partial charge in [0.15, 0.2) is 0 Å². The molecule has 1 aromatic carbocycles. The molecule has 0 spiro atoms. The zero-order valence-corrected chi connectivity index (χ0v) is 16.7. The lowest BCUT2D eigenvalue weighted by atomic mass is 10.0. The van der Waals surface area contributed by atoms with Gasteiger partial charge in [0.25, 0.3) is 0 Å². The zero-order valence-electron chi connectivity index (χ0n) is 15.9. The van der Waals surface area contributed by atoms with E-state index < -0.39 is 23.7 Å². The molecule has 0 aliphatic carbocycles. The van der Waals surface area contributed by atoms with E-state index in [1.807, 2.05) is 0 Å². The van der Waals surface area contributed by atoms with Crippen molar-refractivity contribution < 1.29 is 27.9 Å². The number of halogens is 4. The van der Waals surface area contributed by atoms with Gasteiger partial charge in [-0.3, -0.25) is 4.79 Å². The first kappa shape index (κ1) is 23.3. The molecule has 10 heteroatoms. The van der Waals surface area contributed by atoms with Crippen LogP contribution in [0.15, 0.2) is 24.3 Å². The van der Waals surface area contributed by atoms with E-state index >= 15 is 0 Å². The summed E-state index contributed by atoms with van der Waals surface area (Å²) in [6.07, 6.45) is -3.79. The average molecular weight is 436 g/mol. The number of hydrogen-bond acceptors (Lipinski definition) is 3. The van der Waals surface area contributed by atoms with Gasteiger partial charge in [0.2, 0.25) is 5.91 Å². The standard InChI is InChI=1S/C19H24F3N3O3.ClH/c20-19(21,22)16-6-2-1-5-14(16)11-17(26)25-10-9-24(18(27)28)13-15(25)12-23-7-3-4-8-23;/h1-2,5-6,15H,3-4,7-13H2,(H,27,28);1H. The summed E-state index contributed by atoms with van der Waals surface area (Å²) in [6, 6.07) is 4.74. The summed E-state index contributed by atoms with van der Waals surface area (Å²) >= 11 is 0. The quantitative estimate of drug-likeness (QED) is 0.789. The third kappa shape index (κ3) is 5.76. The maximum Gasteiger partial charge on any atom is 0.416 e. The molecule has 0 saturated carbocycles. The van der Waals surface area contributed by atoms with E-state index in [-0.39, 0.29) is 50.1 Å². The minimum absolute atomic E-state index is 0. The minimum atomic E-state index is -4.52. The highest BCUT2D eigenvalue weighted by Crippen LogP contribution is 2.32. The molecule has 1 aromatic rings. The maximum absolute atomic E-state index is 13.2. The minimum Gasteiger partial charge on any atom is -0.465 e. The van der Waals surface area contributed by atoms with Crippen molar-refractivity contribution >= 4 is 24.4 Å². The van der Waals surface area contributed by atoms with Crippen LogP contribution in [0.4, 0.5) is 18.0 Å². The van der Waals surface area contributed by atoms with Gasteiger partial charge < -0.3 is 19.8 Å². The fourth-order valence-corrected chi connectivity index (χ4v) is 3.99. The van der Waals surface area contributed by atoms with Crippen molar-refractivity contribution in [2.75, 3.05) is 39.3 Å². The Hall–Kier alpha value is -2.00. The number of carbonyl (C=O) groups excluding carboxylic acids is 1. The van der Waals surface area contributed by atoms with Crippen LogP contribution in [0.25, 0.3) is 0 Å². The predicted octanol–water partition coefficient (Wildman–Crippen LogP) is 2.96. The molecule has 29 heavy (non-hydrogen) atoms. The summed E-state index contributed by atoms with van der Waals surface area (Å²) in [7, 11) is 0. The second kappa shape index (κ2) is 9.67. The number of amides is 2. The number of hydrogen-bond donors (Lipinski definition) is 1. The molecule has 6 nitrogen and oxygen atoms in total. The molecular formula is C19H25ClF3N3O3. The van der Waals surface area contributed by atoms with Crippen LogP contribution in [0.5, 0.6) is 0 Å². The maximum atomic E-state index is 13.2. The van der Waals surface area contributed by atoms with Crippen LogP contribution in [-0.4, -0.2) is 77.1 Å². The lowest BCUT2D eigenvalue weighted by Crippen LogP contribution is -2.59. The number of nitrogens with zero attached hydrogens (tertiary/aromatic N) is 3. The first-order chi connectivity index (χ1) is 13.3. The number of rotatable bonds is 4. The number of benzene rings is 1. The second-order valence-corrected chi connectivity index (χ2v) is 7.31. The Morgan fingerprint density at radius 1 is 1.07 bits per heavy atom. The van der Waals surface area contributed by atoms with Crippen molar-refractivity contribution in [1.29, 1.82) is 0 Å². The zero-order chi connectivity index (χ0) is 20.3. The van der Waals surface area contributed by atoms with Crippen molar-refractivity contribution in [2.24, 2.45) is 0 Å². The van der Waals surface area contributed by atoms with Crippen LogP contribution in [0, 0.1) is 0 Å². The predicted molar refractivity (Wildman–Crippen MR) is 103 cm³/mol. The van der Waals surface area contributed by atoms with Crippen LogP contribution >= 0.6 is 12.4 Å². The number of alkyl halides is 3. The lowest BCUT2D eigenvalue weighted by Gasteiger charge is -2.42. The van der Waals surface area contributed by atoms with Crippen molar-refractivity contribution in [2.45, 2.75) is 31.5 Å². The molecule has 2 amide bonds. The summed E-state index contributed by atoms with van der Waals surface area (Å²) in [4.78, 5) is 29.2. The fourth-order valence-electron chi connectivity index (χ4n) is 3.99. The van der Waals surface area contributed by atoms with Gasteiger partial charge in [-0.15, -0.1) is 12.4 Å². The molecule has 2 aliphatic heterocycles. The molecule has 1 unspecified atom stereocenters. The molecule has 2 saturated heterocycles. The Kier molecular flexibility index (Phi) is 7.76. The Morgan fingerprint density at radius 2 is 1.72 bits per heavy atom. The van der Waals surface area contributed by atoms with Crippen LogP contribution < -0.4 is 0 Å². The SMILES string of the molecule is Cl.O=C(O)N1CCN(C(=O)Cc2ccccc2C(F)(F)F)C(CN2CCCC2)C1. The molecule has 0 bridgehead atoms. The lowest BCUT2D eigenvalue weighted by molar-refractivity contribution is -0.139. The van der Waals surface area contributed by atoms with Gasteiger partial charge in [-0.1, -0.05) is 18.2 Å². The van der Waals surface area contributed by atoms with Gasteiger partial charge in [-0.2, -0.15) is 13.2 Å². The van der Waals surface area contributed by atoms with Gasteiger partial charge in [0.05, 0.1) is 18.0 Å². The van der Waals surface area contributed by atoms with Gasteiger partial charge in [-0.05, 0) is 37.6 Å². The van der Waals surface area contributed by atoms with Crippen LogP contribution in [0.1, 0.15) is 24.0 Å². The summed E-state index contributed by atoms with van der Waals surface area (Å²) in [5.41, 5.74) is -0.857. The molecule has 2 fully saturated rings.